The van der Waals surface area contributed by atoms with Gasteiger partial charge in [-0.1, -0.05) is 51.1 Å². The highest BCUT2D eigenvalue weighted by Gasteiger charge is 2.31. The second kappa shape index (κ2) is 5.01. The summed E-state index contributed by atoms with van der Waals surface area (Å²) in [5.41, 5.74) is 1.45. The molecule has 1 aliphatic heterocycles. The van der Waals surface area contributed by atoms with E-state index in [0.29, 0.717) is 0 Å². The van der Waals surface area contributed by atoms with Crippen LogP contribution in [0.2, 0.25) is 0 Å². The van der Waals surface area contributed by atoms with Crippen LogP contribution in [0, 0.1) is 11.8 Å². The molecule has 0 spiro atoms. The fourth-order valence-electron chi connectivity index (χ4n) is 2.87. The molecule has 1 saturated heterocycles. The van der Waals surface area contributed by atoms with Gasteiger partial charge in [-0.2, -0.15) is 0 Å². The first kappa shape index (κ1) is 11.7. The summed E-state index contributed by atoms with van der Waals surface area (Å²) in [4.78, 5) is 2.66. The van der Waals surface area contributed by atoms with E-state index < -0.39 is 0 Å². The van der Waals surface area contributed by atoms with Gasteiger partial charge >= 0.3 is 0 Å². The Labute approximate surface area is 99.5 Å². The van der Waals surface area contributed by atoms with Gasteiger partial charge in [-0.15, -0.1) is 0 Å². The third-order valence-corrected chi connectivity index (χ3v) is 3.66. The maximum absolute atomic E-state index is 2.66. The molecule has 1 fully saturated rings. The Morgan fingerprint density at radius 1 is 1.25 bits per heavy atom. The van der Waals surface area contributed by atoms with Crippen LogP contribution in [0.15, 0.2) is 30.3 Å². The van der Waals surface area contributed by atoms with Crippen molar-refractivity contribution in [3.63, 3.8) is 0 Å². The highest BCUT2D eigenvalue weighted by molar-refractivity contribution is 5.15. The van der Waals surface area contributed by atoms with Crippen molar-refractivity contribution in [3.05, 3.63) is 35.9 Å². The van der Waals surface area contributed by atoms with E-state index in [1.54, 1.807) is 0 Å². The lowest BCUT2D eigenvalue weighted by Crippen LogP contribution is -2.32. The van der Waals surface area contributed by atoms with Crippen molar-refractivity contribution >= 4 is 0 Å². The lowest BCUT2D eigenvalue weighted by molar-refractivity contribution is 0.198. The minimum atomic E-state index is 0.772. The van der Waals surface area contributed by atoms with Crippen molar-refractivity contribution in [2.24, 2.45) is 11.8 Å². The van der Waals surface area contributed by atoms with Crippen molar-refractivity contribution in [3.8, 4) is 0 Å². The van der Waals surface area contributed by atoms with Crippen molar-refractivity contribution in [2.75, 3.05) is 6.54 Å². The van der Waals surface area contributed by atoms with Gasteiger partial charge in [-0.3, -0.25) is 4.90 Å². The van der Waals surface area contributed by atoms with E-state index in [1.165, 1.54) is 18.5 Å². The summed E-state index contributed by atoms with van der Waals surface area (Å²) in [5.74, 6) is 1.63. The lowest BCUT2D eigenvalue weighted by atomic mass is 9.98. The van der Waals surface area contributed by atoms with Crippen LogP contribution in [-0.2, 0) is 6.54 Å². The number of hydrogen-bond donors (Lipinski definition) is 0. The summed E-state index contributed by atoms with van der Waals surface area (Å²) >= 11 is 0. The Morgan fingerprint density at radius 3 is 2.56 bits per heavy atom. The molecule has 2 rings (SSSR count). The summed E-state index contributed by atoms with van der Waals surface area (Å²) in [6.07, 6.45) is 1.37. The summed E-state index contributed by atoms with van der Waals surface area (Å²) in [7, 11) is 0. The van der Waals surface area contributed by atoms with Gasteiger partial charge in [0.2, 0.25) is 0 Å². The second-order valence-corrected chi connectivity index (χ2v) is 5.57. The first-order valence-electron chi connectivity index (χ1n) is 6.45. The molecule has 1 aromatic carbocycles. The highest BCUT2D eigenvalue weighted by Crippen LogP contribution is 2.29. The zero-order valence-corrected chi connectivity index (χ0v) is 10.7. The minimum absolute atomic E-state index is 0.772. The number of hydrogen-bond acceptors (Lipinski definition) is 1. The zero-order chi connectivity index (χ0) is 11.5. The Hall–Kier alpha value is -0.820. The average Bonchev–Trinajstić information content (AvgIpc) is 2.61. The van der Waals surface area contributed by atoms with Gasteiger partial charge in [0.25, 0.3) is 0 Å². The Bertz CT molecular complexity index is 317. The van der Waals surface area contributed by atoms with Gasteiger partial charge in [-0.25, -0.2) is 0 Å². The number of benzene rings is 1. The Kier molecular flexibility index (Phi) is 3.65. The molecule has 16 heavy (non-hydrogen) atoms. The van der Waals surface area contributed by atoms with Crippen LogP contribution < -0.4 is 0 Å². The van der Waals surface area contributed by atoms with Gasteiger partial charge in [0, 0.05) is 19.1 Å². The van der Waals surface area contributed by atoms with Crippen LogP contribution in [0.4, 0.5) is 0 Å². The smallest absolute Gasteiger partial charge is 0.0236 e. The molecule has 1 heterocycles. The van der Waals surface area contributed by atoms with E-state index in [1.807, 2.05) is 0 Å². The maximum atomic E-state index is 2.66. The van der Waals surface area contributed by atoms with E-state index in [2.05, 4.69) is 56.0 Å². The molecule has 0 saturated carbocycles. The third kappa shape index (κ3) is 2.65. The van der Waals surface area contributed by atoms with Crippen LogP contribution in [0.1, 0.15) is 32.8 Å². The summed E-state index contributed by atoms with van der Waals surface area (Å²) < 4.78 is 0. The van der Waals surface area contributed by atoms with Crippen molar-refractivity contribution in [1.82, 2.24) is 4.90 Å². The van der Waals surface area contributed by atoms with Gasteiger partial charge in [0.15, 0.2) is 0 Å². The standard InChI is InChI=1S/C15H23N/c1-12(2)15-9-13(3)10-16(15)11-14-7-5-4-6-8-14/h4-8,12-13,15H,9-11H2,1-3H3/t13-,15+/m1/s1. The van der Waals surface area contributed by atoms with Crippen molar-refractivity contribution < 1.29 is 0 Å². The van der Waals surface area contributed by atoms with E-state index in [9.17, 15) is 0 Å². The van der Waals surface area contributed by atoms with Crippen LogP contribution in [0.25, 0.3) is 0 Å². The molecule has 2 atom stereocenters. The van der Waals surface area contributed by atoms with Gasteiger partial charge in [0.1, 0.15) is 0 Å². The SMILES string of the molecule is CC(C)[C@@H]1C[C@@H](C)CN1Cc1ccccc1. The Balaban J connectivity index is 2.03. The molecule has 1 heteroatoms. The zero-order valence-electron chi connectivity index (χ0n) is 10.7. The van der Waals surface area contributed by atoms with Crippen LogP contribution in [0.5, 0.6) is 0 Å². The van der Waals surface area contributed by atoms with Crippen molar-refractivity contribution in [1.29, 1.82) is 0 Å². The van der Waals surface area contributed by atoms with Crippen LogP contribution in [-0.4, -0.2) is 17.5 Å². The van der Waals surface area contributed by atoms with Crippen LogP contribution in [0.3, 0.4) is 0 Å². The molecule has 1 aromatic rings. The number of nitrogens with zero attached hydrogens (tertiary/aromatic N) is 1. The molecule has 88 valence electrons. The molecule has 0 N–H and O–H groups in total. The van der Waals surface area contributed by atoms with Gasteiger partial charge in [0.05, 0.1) is 0 Å². The lowest BCUT2D eigenvalue weighted by Gasteiger charge is -2.27. The first-order chi connectivity index (χ1) is 7.66. The summed E-state index contributed by atoms with van der Waals surface area (Å²) in [6, 6.07) is 11.6. The molecule has 1 nitrogen and oxygen atoms in total. The molecule has 0 aromatic heterocycles. The van der Waals surface area contributed by atoms with Gasteiger partial charge < -0.3 is 0 Å². The van der Waals surface area contributed by atoms with E-state index in [4.69, 9.17) is 0 Å². The fraction of sp³-hybridized carbons (Fsp3) is 0.600. The average molecular weight is 217 g/mol. The normalized spacial score (nSPS) is 26.5. The highest BCUT2D eigenvalue weighted by atomic mass is 15.2. The van der Waals surface area contributed by atoms with Gasteiger partial charge in [-0.05, 0) is 23.8 Å². The maximum Gasteiger partial charge on any atom is 0.0236 e. The minimum Gasteiger partial charge on any atom is -0.296 e. The molecule has 1 aliphatic rings. The van der Waals surface area contributed by atoms with Crippen molar-refractivity contribution in [2.45, 2.75) is 39.8 Å². The summed E-state index contributed by atoms with van der Waals surface area (Å²) in [6.45, 7) is 9.45. The quantitative estimate of drug-likeness (QED) is 0.748. The molecule has 0 unspecified atom stereocenters. The first-order valence-corrected chi connectivity index (χ1v) is 6.45. The van der Waals surface area contributed by atoms with Crippen LogP contribution >= 0.6 is 0 Å². The molecular weight excluding hydrogens is 194 g/mol. The molecule has 0 radical (unpaired) electrons. The Morgan fingerprint density at radius 2 is 1.94 bits per heavy atom. The molecule has 0 aliphatic carbocycles. The largest absolute Gasteiger partial charge is 0.296 e. The van der Waals surface area contributed by atoms with E-state index in [-0.39, 0.29) is 0 Å². The molecule has 0 amide bonds. The second-order valence-electron chi connectivity index (χ2n) is 5.57. The molecular formula is C15H23N. The predicted molar refractivity (Wildman–Crippen MR) is 69.3 cm³/mol. The number of likely N-dealkylation sites (tertiary alicyclic amines) is 1. The number of rotatable bonds is 3. The summed E-state index contributed by atoms with van der Waals surface area (Å²) in [5, 5.41) is 0. The predicted octanol–water partition coefficient (Wildman–Crippen LogP) is 3.55. The van der Waals surface area contributed by atoms with E-state index in [0.717, 1.165) is 24.4 Å². The fourth-order valence-corrected chi connectivity index (χ4v) is 2.87. The third-order valence-electron chi connectivity index (χ3n) is 3.66. The van der Waals surface area contributed by atoms with E-state index >= 15 is 0 Å². The topological polar surface area (TPSA) is 3.24 Å². The monoisotopic (exact) mass is 217 g/mol. The molecule has 0 bridgehead atoms.